The molecule has 3 aromatic rings. The molecule has 3 heterocycles. The minimum atomic E-state index is -0.0510. The number of fused-ring (bicyclic) bond motifs is 2. The maximum atomic E-state index is 12.5. The molecule has 6 nitrogen and oxygen atoms in total. The standard InChI is InChI=1S/C15H15N5OS.Na.H/c21-13-12-11(7-4-8-22-12)17-15-18-14(19-20(13)15)16-9-10-5-2-1-3-6-10;;/h1-3,5-6H,4,7-9H2,(H2,16,17,18,19);;/q;+1;-1. The van der Waals surface area contributed by atoms with Crippen LogP contribution in [0, 0.1) is 0 Å². The van der Waals surface area contributed by atoms with E-state index in [1.807, 2.05) is 30.3 Å². The van der Waals surface area contributed by atoms with E-state index in [1.165, 1.54) is 4.52 Å². The van der Waals surface area contributed by atoms with Crippen molar-refractivity contribution in [1.29, 1.82) is 0 Å². The number of thioether (sulfide) groups is 1. The molecule has 0 saturated carbocycles. The van der Waals surface area contributed by atoms with Crippen molar-refractivity contribution in [2.75, 3.05) is 11.1 Å². The molecule has 1 aliphatic rings. The molecule has 0 unspecified atom stereocenters. The number of benzene rings is 1. The van der Waals surface area contributed by atoms with Crippen LogP contribution in [0.15, 0.2) is 40.0 Å². The van der Waals surface area contributed by atoms with Gasteiger partial charge in [0.15, 0.2) is 0 Å². The number of rotatable bonds is 3. The Bertz CT molecular complexity index is 883. The van der Waals surface area contributed by atoms with E-state index in [0.29, 0.717) is 18.3 Å². The van der Waals surface area contributed by atoms with Crippen LogP contribution in [-0.4, -0.2) is 25.3 Å². The van der Waals surface area contributed by atoms with Gasteiger partial charge in [-0.25, -0.2) is 4.98 Å². The fraction of sp³-hybridized carbons (Fsp3) is 0.267. The van der Waals surface area contributed by atoms with Crippen LogP contribution in [0.25, 0.3) is 5.78 Å². The Morgan fingerprint density at radius 3 is 2.96 bits per heavy atom. The minimum Gasteiger partial charge on any atom is -1.00 e. The average Bonchev–Trinajstić information content (AvgIpc) is 2.97. The molecule has 114 valence electrons. The van der Waals surface area contributed by atoms with Crippen molar-refractivity contribution in [3.8, 4) is 0 Å². The van der Waals surface area contributed by atoms with Gasteiger partial charge >= 0.3 is 29.6 Å². The normalized spacial score (nSPS) is 13.4. The summed E-state index contributed by atoms with van der Waals surface area (Å²) < 4.78 is 1.42. The van der Waals surface area contributed by atoms with Gasteiger partial charge in [-0.1, -0.05) is 30.3 Å². The molecule has 8 heteroatoms. The second-order valence-corrected chi connectivity index (χ2v) is 6.30. The van der Waals surface area contributed by atoms with Crippen molar-refractivity contribution >= 4 is 23.5 Å². The van der Waals surface area contributed by atoms with Crippen molar-refractivity contribution in [2.45, 2.75) is 24.3 Å². The van der Waals surface area contributed by atoms with Crippen molar-refractivity contribution in [3.05, 3.63) is 51.9 Å². The van der Waals surface area contributed by atoms with Crippen LogP contribution in [0.3, 0.4) is 0 Å². The fourth-order valence-electron chi connectivity index (χ4n) is 2.53. The Hall–Kier alpha value is -1.28. The molecule has 0 saturated heterocycles. The molecule has 0 spiro atoms. The molecule has 0 atom stereocenters. The molecule has 1 aliphatic heterocycles. The number of aryl methyl sites for hydroxylation is 1. The van der Waals surface area contributed by atoms with E-state index in [-0.39, 0.29) is 36.5 Å². The zero-order valence-electron chi connectivity index (χ0n) is 13.9. The third-order valence-corrected chi connectivity index (χ3v) is 4.82. The monoisotopic (exact) mass is 337 g/mol. The van der Waals surface area contributed by atoms with Gasteiger partial charge in [0.1, 0.15) is 0 Å². The third kappa shape index (κ3) is 3.33. The van der Waals surface area contributed by atoms with E-state index in [1.54, 1.807) is 11.8 Å². The van der Waals surface area contributed by atoms with Crippen LogP contribution in [0.4, 0.5) is 5.95 Å². The van der Waals surface area contributed by atoms with Crippen molar-refractivity contribution in [1.82, 2.24) is 19.6 Å². The van der Waals surface area contributed by atoms with E-state index in [9.17, 15) is 4.79 Å². The van der Waals surface area contributed by atoms with Gasteiger partial charge in [0, 0.05) is 6.54 Å². The Labute approximate surface area is 160 Å². The minimum absolute atomic E-state index is 0. The van der Waals surface area contributed by atoms with E-state index in [2.05, 4.69) is 20.4 Å². The molecule has 1 aromatic carbocycles. The first-order chi connectivity index (χ1) is 10.8. The number of anilines is 1. The average molecular weight is 337 g/mol. The molecule has 2 aromatic heterocycles. The summed E-state index contributed by atoms with van der Waals surface area (Å²) in [5.74, 6) is 1.96. The summed E-state index contributed by atoms with van der Waals surface area (Å²) in [7, 11) is 0. The van der Waals surface area contributed by atoms with Crippen molar-refractivity contribution < 1.29 is 31.0 Å². The van der Waals surface area contributed by atoms with Crippen molar-refractivity contribution in [3.63, 3.8) is 0 Å². The van der Waals surface area contributed by atoms with Gasteiger partial charge in [0.25, 0.3) is 11.3 Å². The number of aromatic amines is 1. The molecule has 0 aliphatic carbocycles. The zero-order chi connectivity index (χ0) is 14.9. The first kappa shape index (κ1) is 16.6. The number of aromatic nitrogens is 4. The summed E-state index contributed by atoms with van der Waals surface area (Å²) in [6, 6.07) is 10.0. The fourth-order valence-corrected chi connectivity index (χ4v) is 3.55. The van der Waals surface area contributed by atoms with Crippen LogP contribution in [0.5, 0.6) is 0 Å². The summed E-state index contributed by atoms with van der Waals surface area (Å²) in [6.45, 7) is 0.643. The largest absolute Gasteiger partial charge is 1.00 e. The summed E-state index contributed by atoms with van der Waals surface area (Å²) in [6.07, 6.45) is 1.91. The third-order valence-electron chi connectivity index (χ3n) is 3.63. The van der Waals surface area contributed by atoms with Gasteiger partial charge in [0.2, 0.25) is 5.95 Å². The predicted molar refractivity (Wildman–Crippen MR) is 87.5 cm³/mol. The van der Waals surface area contributed by atoms with Crippen LogP contribution in [-0.2, 0) is 13.0 Å². The van der Waals surface area contributed by atoms with E-state index in [0.717, 1.165) is 34.7 Å². The smallest absolute Gasteiger partial charge is 1.00 e. The number of nitrogens with zero attached hydrogens (tertiary/aromatic N) is 3. The van der Waals surface area contributed by atoms with Crippen molar-refractivity contribution in [2.24, 2.45) is 0 Å². The second kappa shape index (κ2) is 7.09. The van der Waals surface area contributed by atoms with E-state index < -0.39 is 0 Å². The van der Waals surface area contributed by atoms with Crippen LogP contribution < -0.4 is 40.4 Å². The molecule has 2 N–H and O–H groups in total. The number of hydrogen-bond acceptors (Lipinski definition) is 5. The number of hydrogen-bond donors (Lipinski definition) is 2. The van der Waals surface area contributed by atoms with E-state index >= 15 is 0 Å². The molecule has 23 heavy (non-hydrogen) atoms. The van der Waals surface area contributed by atoms with Gasteiger partial charge in [-0.2, -0.15) is 9.50 Å². The number of nitrogens with one attached hydrogen (secondary N) is 2. The van der Waals surface area contributed by atoms with Gasteiger partial charge in [0.05, 0.1) is 10.6 Å². The van der Waals surface area contributed by atoms with Crippen LogP contribution in [0.2, 0.25) is 0 Å². The molecule has 0 fully saturated rings. The molecule has 4 rings (SSSR count). The van der Waals surface area contributed by atoms with Gasteiger partial charge < -0.3 is 6.74 Å². The van der Waals surface area contributed by atoms with Gasteiger partial charge in [-0.3, -0.25) is 9.89 Å². The SMILES string of the molecule is O=c1c2c(nc3nc(NCc4ccccc4)[nH]n13)CCCS2.[H-].[Na+]. The Morgan fingerprint density at radius 2 is 2.13 bits per heavy atom. The second-order valence-electron chi connectivity index (χ2n) is 5.19. The zero-order valence-corrected chi connectivity index (χ0v) is 15.7. The Morgan fingerprint density at radius 1 is 1.30 bits per heavy atom. The quantitative estimate of drug-likeness (QED) is 0.611. The Kier molecular flexibility index (Phi) is 5.11. The molecule has 0 amide bonds. The predicted octanol–water partition coefficient (Wildman–Crippen LogP) is -0.815. The van der Waals surface area contributed by atoms with Gasteiger partial charge in [-0.05, 0) is 24.2 Å². The maximum Gasteiger partial charge on any atom is 1.00 e. The number of H-pyrrole nitrogens is 1. The van der Waals surface area contributed by atoms with Crippen LogP contribution in [0.1, 0.15) is 19.1 Å². The topological polar surface area (TPSA) is 75.1 Å². The summed E-state index contributed by atoms with van der Waals surface area (Å²) in [4.78, 5) is 22.1. The Balaban J connectivity index is 0.00000104. The summed E-state index contributed by atoms with van der Waals surface area (Å²) in [5, 5.41) is 6.19. The van der Waals surface area contributed by atoms with Crippen LogP contribution >= 0.6 is 11.8 Å². The molecular weight excluding hydrogens is 321 g/mol. The molecule has 0 bridgehead atoms. The maximum absolute atomic E-state index is 12.5. The van der Waals surface area contributed by atoms with Gasteiger partial charge in [-0.15, -0.1) is 11.8 Å². The molecular formula is C15H16N5NaOS. The summed E-state index contributed by atoms with van der Waals surface area (Å²) in [5.41, 5.74) is 1.98. The molecule has 0 radical (unpaired) electrons. The first-order valence-corrected chi connectivity index (χ1v) is 8.22. The first-order valence-electron chi connectivity index (χ1n) is 7.23. The summed E-state index contributed by atoms with van der Waals surface area (Å²) >= 11 is 1.59. The van der Waals surface area contributed by atoms with E-state index in [4.69, 9.17) is 0 Å².